The highest BCUT2D eigenvalue weighted by Crippen LogP contribution is 2.28. The van der Waals surface area contributed by atoms with Crippen molar-refractivity contribution in [3.63, 3.8) is 0 Å². The first-order valence-electron chi connectivity index (χ1n) is 8.14. The van der Waals surface area contributed by atoms with Crippen LogP contribution in [0.1, 0.15) is 25.3 Å². The maximum atomic E-state index is 12.2. The molecule has 0 aliphatic carbocycles. The lowest BCUT2D eigenvalue weighted by Gasteiger charge is -2.18. The molecule has 0 aromatic heterocycles. The number of benzene rings is 1. The molecule has 1 N–H and O–H groups in total. The molecule has 0 saturated carbocycles. The Morgan fingerprint density at radius 1 is 1.36 bits per heavy atom. The Morgan fingerprint density at radius 3 is 2.76 bits per heavy atom. The van der Waals surface area contributed by atoms with Crippen LogP contribution in [0.5, 0.6) is 0 Å². The zero-order chi connectivity index (χ0) is 18.2. The summed E-state index contributed by atoms with van der Waals surface area (Å²) in [6.45, 7) is 4.38. The van der Waals surface area contributed by atoms with E-state index in [0.717, 1.165) is 5.56 Å². The molecule has 0 bridgehead atoms. The quantitative estimate of drug-likeness (QED) is 0.592. The van der Waals surface area contributed by atoms with Crippen LogP contribution in [0.3, 0.4) is 0 Å². The largest absolute Gasteiger partial charge is 0.463 e. The number of nitrogens with one attached hydrogen (secondary N) is 1. The number of amides is 2. The lowest BCUT2D eigenvalue weighted by molar-refractivity contribution is -0.137. The van der Waals surface area contributed by atoms with Crippen LogP contribution in [0, 0.1) is 0 Å². The molecule has 1 saturated heterocycles. The molecular weight excluding hydrogens is 340 g/mol. The highest BCUT2D eigenvalue weighted by atomic mass is 32.2. The van der Waals surface area contributed by atoms with Gasteiger partial charge < -0.3 is 10.1 Å². The molecule has 7 heteroatoms. The molecule has 0 spiro atoms. The summed E-state index contributed by atoms with van der Waals surface area (Å²) in [4.78, 5) is 37.0. The standard InChI is InChI=1S/C18H22N2O4S/c1-3-24-18(23)9-17-20(16(22)12-25-17)11-15(21)19-10-13(2)14-7-5-4-6-8-14/h4-9,13H,3,10-12H2,1-2H3,(H,19,21)/b17-9-. The third-order valence-electron chi connectivity index (χ3n) is 3.71. The summed E-state index contributed by atoms with van der Waals surface area (Å²) in [6.07, 6.45) is 1.26. The minimum absolute atomic E-state index is 0.0986. The smallest absolute Gasteiger partial charge is 0.333 e. The van der Waals surface area contributed by atoms with E-state index in [0.29, 0.717) is 11.6 Å². The molecule has 1 aromatic carbocycles. The number of carbonyl (C=O) groups excluding carboxylic acids is 3. The number of thioether (sulfide) groups is 1. The van der Waals surface area contributed by atoms with E-state index in [1.165, 1.54) is 22.7 Å². The molecule has 1 aliphatic rings. The summed E-state index contributed by atoms with van der Waals surface area (Å²) >= 11 is 1.23. The van der Waals surface area contributed by atoms with Crippen molar-refractivity contribution < 1.29 is 19.1 Å². The summed E-state index contributed by atoms with van der Waals surface area (Å²) in [5.74, 6) is -0.565. The Labute approximate surface area is 151 Å². The highest BCUT2D eigenvalue weighted by molar-refractivity contribution is 8.04. The Bertz CT molecular complexity index is 660. The number of esters is 1. The van der Waals surface area contributed by atoms with Crippen molar-refractivity contribution in [2.45, 2.75) is 19.8 Å². The third-order valence-corrected chi connectivity index (χ3v) is 4.74. The van der Waals surface area contributed by atoms with Gasteiger partial charge in [-0.15, -0.1) is 0 Å². The minimum Gasteiger partial charge on any atom is -0.463 e. The Balaban J connectivity index is 1.89. The molecule has 134 valence electrons. The van der Waals surface area contributed by atoms with Gasteiger partial charge in [0.05, 0.1) is 23.5 Å². The fraction of sp³-hybridized carbons (Fsp3) is 0.389. The number of hydrogen-bond donors (Lipinski definition) is 1. The van der Waals surface area contributed by atoms with Crippen LogP contribution in [-0.4, -0.2) is 48.1 Å². The second-order valence-corrected chi connectivity index (χ2v) is 6.61. The monoisotopic (exact) mass is 362 g/mol. The van der Waals surface area contributed by atoms with Gasteiger partial charge in [0.15, 0.2) is 0 Å². The summed E-state index contributed by atoms with van der Waals surface area (Å²) in [5.41, 5.74) is 1.14. The number of carbonyl (C=O) groups is 3. The summed E-state index contributed by atoms with van der Waals surface area (Å²) in [6, 6.07) is 9.89. The fourth-order valence-corrected chi connectivity index (χ4v) is 3.28. The third kappa shape index (κ3) is 5.63. The van der Waals surface area contributed by atoms with Crippen LogP contribution in [0.2, 0.25) is 0 Å². The van der Waals surface area contributed by atoms with Crippen LogP contribution >= 0.6 is 11.8 Å². The number of rotatable bonds is 7. The zero-order valence-electron chi connectivity index (χ0n) is 14.4. The lowest BCUT2D eigenvalue weighted by Crippen LogP contribution is -2.39. The van der Waals surface area contributed by atoms with Crippen molar-refractivity contribution >= 4 is 29.5 Å². The first-order valence-corrected chi connectivity index (χ1v) is 9.13. The Morgan fingerprint density at radius 2 is 2.08 bits per heavy atom. The van der Waals surface area contributed by atoms with E-state index >= 15 is 0 Å². The summed E-state index contributed by atoms with van der Waals surface area (Å²) < 4.78 is 4.85. The van der Waals surface area contributed by atoms with E-state index in [1.54, 1.807) is 6.92 Å². The van der Waals surface area contributed by atoms with Crippen LogP contribution in [-0.2, 0) is 19.1 Å². The summed E-state index contributed by atoms with van der Waals surface area (Å²) in [7, 11) is 0. The molecule has 2 rings (SSSR count). The van der Waals surface area contributed by atoms with E-state index in [-0.39, 0.29) is 36.6 Å². The van der Waals surface area contributed by atoms with Crippen molar-refractivity contribution in [2.75, 3.05) is 25.4 Å². The van der Waals surface area contributed by atoms with Gasteiger partial charge in [-0.05, 0) is 18.4 Å². The van der Waals surface area contributed by atoms with Crippen LogP contribution in [0.4, 0.5) is 0 Å². The fourth-order valence-electron chi connectivity index (χ4n) is 2.35. The molecule has 1 aromatic rings. The second-order valence-electron chi connectivity index (χ2n) is 5.62. The molecule has 2 amide bonds. The van der Waals surface area contributed by atoms with Crippen molar-refractivity contribution in [3.05, 3.63) is 47.0 Å². The maximum Gasteiger partial charge on any atom is 0.333 e. The van der Waals surface area contributed by atoms with Crippen molar-refractivity contribution in [2.24, 2.45) is 0 Å². The molecule has 6 nitrogen and oxygen atoms in total. The minimum atomic E-state index is -0.511. The van der Waals surface area contributed by atoms with Gasteiger partial charge in [0, 0.05) is 6.54 Å². The van der Waals surface area contributed by atoms with Gasteiger partial charge in [0.2, 0.25) is 11.8 Å². The van der Waals surface area contributed by atoms with Crippen molar-refractivity contribution in [3.8, 4) is 0 Å². The molecule has 1 aliphatic heterocycles. The molecule has 1 heterocycles. The SMILES string of the molecule is CCOC(=O)/C=C1\SCC(=O)N1CC(=O)NCC(C)c1ccccc1. The van der Waals surface area contributed by atoms with Gasteiger partial charge in [0.1, 0.15) is 6.54 Å². The normalized spacial score (nSPS) is 16.8. The maximum absolute atomic E-state index is 12.2. The number of hydrogen-bond acceptors (Lipinski definition) is 5. The van der Waals surface area contributed by atoms with E-state index in [2.05, 4.69) is 5.32 Å². The van der Waals surface area contributed by atoms with Crippen LogP contribution in [0.15, 0.2) is 41.4 Å². The van der Waals surface area contributed by atoms with Crippen molar-refractivity contribution in [1.82, 2.24) is 10.2 Å². The van der Waals surface area contributed by atoms with Gasteiger partial charge >= 0.3 is 5.97 Å². The average Bonchev–Trinajstić information content (AvgIpc) is 2.94. The molecule has 25 heavy (non-hydrogen) atoms. The molecule has 1 fully saturated rings. The summed E-state index contributed by atoms with van der Waals surface area (Å²) in [5, 5.41) is 3.30. The Hall–Kier alpha value is -2.28. The van der Waals surface area contributed by atoms with Crippen LogP contribution in [0.25, 0.3) is 0 Å². The topological polar surface area (TPSA) is 75.7 Å². The molecular formula is C18H22N2O4S. The number of ether oxygens (including phenoxy) is 1. The van der Waals surface area contributed by atoms with E-state index < -0.39 is 5.97 Å². The highest BCUT2D eigenvalue weighted by Gasteiger charge is 2.29. The lowest BCUT2D eigenvalue weighted by atomic mass is 10.0. The number of nitrogens with zero attached hydrogens (tertiary/aromatic N) is 1. The first-order chi connectivity index (χ1) is 12.0. The van der Waals surface area contributed by atoms with Crippen LogP contribution < -0.4 is 5.32 Å². The predicted octanol–water partition coefficient (Wildman–Crippen LogP) is 1.89. The van der Waals surface area contributed by atoms with Gasteiger partial charge in [-0.3, -0.25) is 14.5 Å². The molecule has 1 atom stereocenters. The second kappa shape index (κ2) is 9.27. The van der Waals surface area contributed by atoms with E-state index in [4.69, 9.17) is 4.74 Å². The van der Waals surface area contributed by atoms with E-state index in [9.17, 15) is 14.4 Å². The van der Waals surface area contributed by atoms with Crippen molar-refractivity contribution in [1.29, 1.82) is 0 Å². The van der Waals surface area contributed by atoms with E-state index in [1.807, 2.05) is 37.3 Å². The van der Waals surface area contributed by atoms with Gasteiger partial charge in [-0.1, -0.05) is 49.0 Å². The Kier molecular flexibility index (Phi) is 7.06. The predicted molar refractivity (Wildman–Crippen MR) is 96.8 cm³/mol. The van der Waals surface area contributed by atoms with Gasteiger partial charge in [0.25, 0.3) is 0 Å². The molecule has 1 unspecified atom stereocenters. The first kappa shape index (κ1) is 19.1. The van der Waals surface area contributed by atoms with Gasteiger partial charge in [-0.2, -0.15) is 0 Å². The molecule has 0 radical (unpaired) electrons. The van der Waals surface area contributed by atoms with Gasteiger partial charge in [-0.25, -0.2) is 4.79 Å². The zero-order valence-corrected chi connectivity index (χ0v) is 15.2. The average molecular weight is 362 g/mol.